The minimum absolute atomic E-state index is 0.122. The molecule has 0 amide bonds. The van der Waals surface area contributed by atoms with Crippen molar-refractivity contribution in [2.75, 3.05) is 13.2 Å². The number of ether oxygens (including phenoxy) is 1. The first-order valence-electron chi connectivity index (χ1n) is 3.95. The summed E-state index contributed by atoms with van der Waals surface area (Å²) in [5.41, 5.74) is 6.29. The summed E-state index contributed by atoms with van der Waals surface area (Å²) in [4.78, 5) is 0. The van der Waals surface area contributed by atoms with Gasteiger partial charge in [-0.25, -0.2) is 0 Å². The molecule has 0 aliphatic rings. The average molecular weight is 170 g/mol. The van der Waals surface area contributed by atoms with Crippen molar-refractivity contribution in [1.82, 2.24) is 15.0 Å². The largest absolute Gasteiger partial charge is 0.371 e. The Labute approximate surface area is 71.5 Å². The first-order valence-corrected chi connectivity index (χ1v) is 3.95. The lowest BCUT2D eigenvalue weighted by atomic mass is 10.3. The maximum Gasteiger partial charge on any atom is 0.115 e. The van der Waals surface area contributed by atoms with E-state index < -0.39 is 0 Å². The van der Waals surface area contributed by atoms with Gasteiger partial charge in [-0.05, 0) is 6.92 Å². The number of hydrogen-bond acceptors (Lipinski definition) is 4. The number of nitrogens with zero attached hydrogens (tertiary/aromatic N) is 3. The van der Waals surface area contributed by atoms with Crippen LogP contribution in [0.5, 0.6) is 0 Å². The Morgan fingerprint density at radius 2 is 2.50 bits per heavy atom. The van der Waals surface area contributed by atoms with Gasteiger partial charge in [-0.1, -0.05) is 5.21 Å². The van der Waals surface area contributed by atoms with Crippen LogP contribution in [0.3, 0.4) is 0 Å². The van der Waals surface area contributed by atoms with E-state index in [0.717, 1.165) is 5.69 Å². The van der Waals surface area contributed by atoms with Gasteiger partial charge in [0.2, 0.25) is 0 Å². The normalized spacial score (nSPS) is 13.2. The first kappa shape index (κ1) is 9.15. The molecule has 0 aliphatic carbocycles. The van der Waals surface area contributed by atoms with Gasteiger partial charge in [-0.2, -0.15) is 0 Å². The van der Waals surface area contributed by atoms with Crippen molar-refractivity contribution in [2.24, 2.45) is 12.8 Å². The van der Waals surface area contributed by atoms with Crippen molar-refractivity contribution < 1.29 is 4.74 Å². The standard InChI is InChI=1S/C7H14N4O/c1-3-12-7(4-8)6-5-11(2)10-9-6/h5,7H,3-4,8H2,1-2H3. The predicted octanol–water partition coefficient (Wildman–Crippen LogP) is -0.149. The fourth-order valence-corrected chi connectivity index (χ4v) is 0.988. The van der Waals surface area contributed by atoms with Crippen molar-refractivity contribution in [3.05, 3.63) is 11.9 Å². The van der Waals surface area contributed by atoms with Crippen LogP contribution in [0, 0.1) is 0 Å². The van der Waals surface area contributed by atoms with Gasteiger partial charge >= 0.3 is 0 Å². The summed E-state index contributed by atoms with van der Waals surface area (Å²) in [6, 6.07) is 0. The van der Waals surface area contributed by atoms with E-state index in [2.05, 4.69) is 10.3 Å². The molecule has 1 aromatic rings. The Hall–Kier alpha value is -0.940. The maximum atomic E-state index is 5.50. The van der Waals surface area contributed by atoms with E-state index >= 15 is 0 Å². The van der Waals surface area contributed by atoms with Crippen LogP contribution in [-0.2, 0) is 11.8 Å². The predicted molar refractivity (Wildman–Crippen MR) is 44.4 cm³/mol. The topological polar surface area (TPSA) is 66.0 Å². The van der Waals surface area contributed by atoms with Gasteiger partial charge < -0.3 is 10.5 Å². The van der Waals surface area contributed by atoms with Gasteiger partial charge in [-0.3, -0.25) is 4.68 Å². The molecule has 0 radical (unpaired) electrons. The molecule has 68 valence electrons. The molecular formula is C7H14N4O. The lowest BCUT2D eigenvalue weighted by molar-refractivity contribution is 0.0657. The second-order valence-corrected chi connectivity index (χ2v) is 2.50. The highest BCUT2D eigenvalue weighted by Gasteiger charge is 2.12. The number of hydrogen-bond donors (Lipinski definition) is 1. The Morgan fingerprint density at radius 1 is 1.75 bits per heavy atom. The Morgan fingerprint density at radius 3 is 2.92 bits per heavy atom. The highest BCUT2D eigenvalue weighted by atomic mass is 16.5. The number of aryl methyl sites for hydroxylation is 1. The van der Waals surface area contributed by atoms with Gasteiger partial charge in [-0.15, -0.1) is 5.10 Å². The molecule has 0 aromatic carbocycles. The summed E-state index contributed by atoms with van der Waals surface area (Å²) in [5, 5.41) is 7.71. The second-order valence-electron chi connectivity index (χ2n) is 2.50. The van der Waals surface area contributed by atoms with E-state index in [4.69, 9.17) is 10.5 Å². The maximum absolute atomic E-state index is 5.50. The molecule has 1 aromatic heterocycles. The SMILES string of the molecule is CCOC(CN)c1cn(C)nn1. The highest BCUT2D eigenvalue weighted by molar-refractivity contribution is 4.97. The van der Waals surface area contributed by atoms with E-state index in [1.54, 1.807) is 4.68 Å². The third kappa shape index (κ3) is 2.02. The Balaban J connectivity index is 2.66. The third-order valence-electron chi connectivity index (χ3n) is 1.53. The lowest BCUT2D eigenvalue weighted by Crippen LogP contribution is -2.16. The summed E-state index contributed by atoms with van der Waals surface area (Å²) in [7, 11) is 1.82. The summed E-state index contributed by atoms with van der Waals surface area (Å²) in [6.45, 7) is 3.00. The number of rotatable bonds is 4. The molecular weight excluding hydrogens is 156 g/mol. The van der Waals surface area contributed by atoms with Crippen molar-refractivity contribution >= 4 is 0 Å². The first-order chi connectivity index (χ1) is 5.77. The summed E-state index contributed by atoms with van der Waals surface area (Å²) >= 11 is 0. The Bertz CT molecular complexity index is 235. The fourth-order valence-electron chi connectivity index (χ4n) is 0.988. The molecule has 5 nitrogen and oxygen atoms in total. The van der Waals surface area contributed by atoms with Crippen molar-refractivity contribution in [3.63, 3.8) is 0 Å². The molecule has 0 saturated heterocycles. The van der Waals surface area contributed by atoms with Crippen LogP contribution in [0.25, 0.3) is 0 Å². The van der Waals surface area contributed by atoms with E-state index in [1.165, 1.54) is 0 Å². The summed E-state index contributed by atoms with van der Waals surface area (Å²) < 4.78 is 6.99. The summed E-state index contributed by atoms with van der Waals surface area (Å²) in [6.07, 6.45) is 1.69. The zero-order chi connectivity index (χ0) is 8.97. The molecule has 12 heavy (non-hydrogen) atoms. The molecule has 2 N–H and O–H groups in total. The molecule has 0 bridgehead atoms. The van der Waals surface area contributed by atoms with Crippen LogP contribution < -0.4 is 5.73 Å². The fraction of sp³-hybridized carbons (Fsp3) is 0.714. The zero-order valence-electron chi connectivity index (χ0n) is 7.40. The molecule has 0 fully saturated rings. The van der Waals surface area contributed by atoms with Crippen LogP contribution in [0.2, 0.25) is 0 Å². The van der Waals surface area contributed by atoms with Crippen molar-refractivity contribution in [1.29, 1.82) is 0 Å². The minimum atomic E-state index is -0.122. The van der Waals surface area contributed by atoms with Crippen LogP contribution in [0.4, 0.5) is 0 Å². The third-order valence-corrected chi connectivity index (χ3v) is 1.53. The van der Waals surface area contributed by atoms with E-state index in [-0.39, 0.29) is 6.10 Å². The molecule has 1 atom stereocenters. The van der Waals surface area contributed by atoms with Gasteiger partial charge in [0.1, 0.15) is 11.8 Å². The van der Waals surface area contributed by atoms with E-state index in [0.29, 0.717) is 13.2 Å². The monoisotopic (exact) mass is 170 g/mol. The molecule has 1 unspecified atom stereocenters. The van der Waals surface area contributed by atoms with Crippen LogP contribution in [0.15, 0.2) is 6.20 Å². The number of nitrogens with two attached hydrogens (primary N) is 1. The Kier molecular flexibility index (Phi) is 3.19. The molecule has 5 heteroatoms. The van der Waals surface area contributed by atoms with Crippen LogP contribution in [-0.4, -0.2) is 28.1 Å². The van der Waals surface area contributed by atoms with E-state index in [9.17, 15) is 0 Å². The van der Waals surface area contributed by atoms with Gasteiger partial charge in [0.15, 0.2) is 0 Å². The number of aromatic nitrogens is 3. The van der Waals surface area contributed by atoms with Crippen molar-refractivity contribution in [2.45, 2.75) is 13.0 Å². The molecule has 1 rings (SSSR count). The van der Waals surface area contributed by atoms with E-state index in [1.807, 2.05) is 20.2 Å². The van der Waals surface area contributed by atoms with Crippen LogP contribution >= 0.6 is 0 Å². The highest BCUT2D eigenvalue weighted by Crippen LogP contribution is 2.11. The van der Waals surface area contributed by atoms with Crippen molar-refractivity contribution in [3.8, 4) is 0 Å². The second kappa shape index (κ2) is 4.18. The average Bonchev–Trinajstić information content (AvgIpc) is 2.47. The van der Waals surface area contributed by atoms with Gasteiger partial charge in [0.25, 0.3) is 0 Å². The molecule has 1 heterocycles. The van der Waals surface area contributed by atoms with Gasteiger partial charge in [0, 0.05) is 20.2 Å². The molecule has 0 spiro atoms. The smallest absolute Gasteiger partial charge is 0.115 e. The quantitative estimate of drug-likeness (QED) is 0.682. The molecule has 0 saturated carbocycles. The van der Waals surface area contributed by atoms with Gasteiger partial charge in [0.05, 0.1) is 6.20 Å². The van der Waals surface area contributed by atoms with Crippen LogP contribution in [0.1, 0.15) is 18.7 Å². The zero-order valence-corrected chi connectivity index (χ0v) is 7.40. The minimum Gasteiger partial charge on any atom is -0.371 e. The summed E-state index contributed by atoms with van der Waals surface area (Å²) in [5.74, 6) is 0. The molecule has 0 aliphatic heterocycles. The lowest BCUT2D eigenvalue weighted by Gasteiger charge is -2.10.